The van der Waals surface area contributed by atoms with E-state index in [2.05, 4.69) is 42.2 Å². The van der Waals surface area contributed by atoms with Gasteiger partial charge in [0.15, 0.2) is 5.78 Å². The van der Waals surface area contributed by atoms with Gasteiger partial charge in [-0.2, -0.15) is 5.10 Å². The minimum Gasteiger partial charge on any atom is -0.497 e. The van der Waals surface area contributed by atoms with Gasteiger partial charge in [0.05, 0.1) is 15.2 Å². The Morgan fingerprint density at radius 3 is 2.29 bits per heavy atom. The number of carbonyl (C=O) groups excluding carboxylic acids is 2. The first-order chi connectivity index (χ1) is 14.8. The molecule has 1 N–H and O–H groups in total. The molecular formula is C24H29N3O3Si. The van der Waals surface area contributed by atoms with Gasteiger partial charge in [-0.3, -0.25) is 14.3 Å². The summed E-state index contributed by atoms with van der Waals surface area (Å²) in [6, 6.07) is 16.5. The van der Waals surface area contributed by atoms with Crippen molar-refractivity contribution in [1.82, 2.24) is 15.1 Å². The van der Waals surface area contributed by atoms with Gasteiger partial charge in [0, 0.05) is 18.8 Å². The normalized spacial score (nSPS) is 12.3. The summed E-state index contributed by atoms with van der Waals surface area (Å²) in [5, 5.41) is 8.29. The number of hydrogen-bond acceptors (Lipinski definition) is 4. The van der Waals surface area contributed by atoms with Crippen molar-refractivity contribution in [1.29, 1.82) is 0 Å². The number of methoxy groups -OCH3 is 1. The molecule has 0 aliphatic rings. The van der Waals surface area contributed by atoms with Crippen LogP contribution in [-0.4, -0.2) is 36.7 Å². The summed E-state index contributed by atoms with van der Waals surface area (Å²) in [6.07, 6.45) is 3.57. The number of nitrogens with zero attached hydrogens (tertiary/aromatic N) is 2. The molecule has 0 saturated heterocycles. The monoisotopic (exact) mass is 435 g/mol. The maximum absolute atomic E-state index is 13.2. The fourth-order valence-corrected chi connectivity index (χ4v) is 4.49. The SMILES string of the molecule is COc1ccc(C(NC(=O)Cn2cccn2)C(=O)Cc2ccc([Si](C)(C)C)cc2)cc1. The minimum atomic E-state index is -1.39. The molecule has 31 heavy (non-hydrogen) atoms. The maximum atomic E-state index is 13.2. The number of rotatable bonds is 9. The smallest absolute Gasteiger partial charge is 0.242 e. The molecule has 1 amide bonds. The van der Waals surface area contributed by atoms with Gasteiger partial charge in [-0.1, -0.05) is 61.2 Å². The van der Waals surface area contributed by atoms with E-state index >= 15 is 0 Å². The van der Waals surface area contributed by atoms with Crippen molar-refractivity contribution < 1.29 is 14.3 Å². The van der Waals surface area contributed by atoms with Crippen molar-refractivity contribution in [3.05, 3.63) is 78.1 Å². The standard InChI is InChI=1S/C24H29N3O3Si/c1-30-20-10-8-19(9-11-20)24(26-23(29)17-27-15-5-14-25-27)22(28)16-18-6-12-21(13-7-18)31(2,3)4/h5-15,24H,16-17H2,1-4H3,(H,26,29). The van der Waals surface area contributed by atoms with Crippen molar-refractivity contribution in [2.75, 3.05) is 7.11 Å². The van der Waals surface area contributed by atoms with Crippen LogP contribution in [0.4, 0.5) is 0 Å². The summed E-state index contributed by atoms with van der Waals surface area (Å²) in [7, 11) is 0.196. The molecule has 0 radical (unpaired) electrons. The van der Waals surface area contributed by atoms with E-state index in [-0.39, 0.29) is 24.7 Å². The third-order valence-corrected chi connectivity index (χ3v) is 7.20. The van der Waals surface area contributed by atoms with E-state index in [1.807, 2.05) is 24.3 Å². The summed E-state index contributed by atoms with van der Waals surface area (Å²) in [4.78, 5) is 25.8. The van der Waals surface area contributed by atoms with Crippen LogP contribution in [0.3, 0.4) is 0 Å². The van der Waals surface area contributed by atoms with Crippen LogP contribution < -0.4 is 15.2 Å². The lowest BCUT2D eigenvalue weighted by Crippen LogP contribution is -2.38. The first kappa shape index (κ1) is 22.5. The highest BCUT2D eigenvalue weighted by atomic mass is 28.3. The summed E-state index contributed by atoms with van der Waals surface area (Å²) in [6.45, 7) is 6.93. The Morgan fingerprint density at radius 1 is 1.06 bits per heavy atom. The number of Topliss-reactive ketones (excluding diaryl/α,β-unsaturated/α-hetero) is 1. The molecule has 1 heterocycles. The predicted molar refractivity (Wildman–Crippen MR) is 124 cm³/mol. The Bertz CT molecular complexity index is 1010. The Hall–Kier alpha value is -3.19. The molecule has 0 aliphatic carbocycles. The highest BCUT2D eigenvalue weighted by Gasteiger charge is 2.24. The number of nitrogens with one attached hydrogen (secondary N) is 1. The second kappa shape index (κ2) is 9.74. The van der Waals surface area contributed by atoms with Crippen LogP contribution >= 0.6 is 0 Å². The van der Waals surface area contributed by atoms with Gasteiger partial charge in [0.25, 0.3) is 0 Å². The minimum absolute atomic E-state index is 0.0534. The number of ether oxygens (including phenoxy) is 1. The summed E-state index contributed by atoms with van der Waals surface area (Å²) in [5.41, 5.74) is 1.66. The number of hydrogen-bond donors (Lipinski definition) is 1. The first-order valence-corrected chi connectivity index (χ1v) is 13.8. The number of aromatic nitrogens is 2. The zero-order valence-corrected chi connectivity index (χ0v) is 19.5. The molecule has 1 unspecified atom stereocenters. The quantitative estimate of drug-likeness (QED) is 0.524. The highest BCUT2D eigenvalue weighted by molar-refractivity contribution is 6.88. The van der Waals surface area contributed by atoms with Crippen molar-refractivity contribution in [2.45, 2.75) is 38.6 Å². The van der Waals surface area contributed by atoms with Gasteiger partial charge < -0.3 is 10.1 Å². The molecule has 0 aliphatic heterocycles. The van der Waals surface area contributed by atoms with Crippen LogP contribution in [0.1, 0.15) is 17.2 Å². The number of benzene rings is 2. The van der Waals surface area contributed by atoms with Crippen molar-refractivity contribution in [3.8, 4) is 5.75 Å². The van der Waals surface area contributed by atoms with E-state index < -0.39 is 14.1 Å². The molecule has 162 valence electrons. The Balaban J connectivity index is 1.78. The molecule has 6 nitrogen and oxygen atoms in total. The van der Waals surface area contributed by atoms with E-state index in [1.54, 1.807) is 37.7 Å². The van der Waals surface area contributed by atoms with E-state index in [0.29, 0.717) is 5.75 Å². The van der Waals surface area contributed by atoms with Gasteiger partial charge in [0.2, 0.25) is 5.91 Å². The molecule has 2 aromatic carbocycles. The second-order valence-electron chi connectivity index (χ2n) is 8.57. The van der Waals surface area contributed by atoms with E-state index in [1.165, 1.54) is 9.87 Å². The van der Waals surface area contributed by atoms with Crippen LogP contribution in [0, 0.1) is 0 Å². The third kappa shape index (κ3) is 6.15. The predicted octanol–water partition coefficient (Wildman–Crippen LogP) is 3.11. The van der Waals surface area contributed by atoms with Crippen LogP contribution in [-0.2, 0) is 22.6 Å². The third-order valence-electron chi connectivity index (χ3n) is 5.14. The van der Waals surface area contributed by atoms with Gasteiger partial charge >= 0.3 is 0 Å². The van der Waals surface area contributed by atoms with Gasteiger partial charge in [-0.25, -0.2) is 0 Å². The van der Waals surface area contributed by atoms with Crippen LogP contribution in [0.15, 0.2) is 67.0 Å². The molecule has 3 aromatic rings. The largest absolute Gasteiger partial charge is 0.497 e. The maximum Gasteiger partial charge on any atom is 0.242 e. The fourth-order valence-electron chi connectivity index (χ4n) is 3.32. The van der Waals surface area contributed by atoms with Crippen LogP contribution in [0.25, 0.3) is 0 Å². The Morgan fingerprint density at radius 2 is 1.74 bits per heavy atom. The van der Waals surface area contributed by atoms with E-state index in [4.69, 9.17) is 4.74 Å². The van der Waals surface area contributed by atoms with Crippen molar-refractivity contribution in [2.24, 2.45) is 0 Å². The van der Waals surface area contributed by atoms with Crippen LogP contribution in [0.5, 0.6) is 5.75 Å². The lowest BCUT2D eigenvalue weighted by atomic mass is 9.97. The van der Waals surface area contributed by atoms with Gasteiger partial charge in [0.1, 0.15) is 18.3 Å². The van der Waals surface area contributed by atoms with E-state index in [9.17, 15) is 9.59 Å². The molecule has 7 heteroatoms. The number of ketones is 1. The fraction of sp³-hybridized carbons (Fsp3) is 0.292. The Kier molecular flexibility index (Phi) is 7.07. The average Bonchev–Trinajstić information content (AvgIpc) is 3.25. The van der Waals surface area contributed by atoms with Crippen LogP contribution in [0.2, 0.25) is 19.6 Å². The topological polar surface area (TPSA) is 73.2 Å². The molecule has 0 bridgehead atoms. The van der Waals surface area contributed by atoms with Crippen molar-refractivity contribution in [3.63, 3.8) is 0 Å². The van der Waals surface area contributed by atoms with Gasteiger partial charge in [-0.05, 0) is 29.3 Å². The lowest BCUT2D eigenvalue weighted by molar-refractivity contribution is -0.128. The second-order valence-corrected chi connectivity index (χ2v) is 13.6. The Labute approximate surface area is 184 Å². The first-order valence-electron chi connectivity index (χ1n) is 10.3. The zero-order valence-electron chi connectivity index (χ0n) is 18.5. The zero-order chi connectivity index (χ0) is 22.4. The molecule has 0 saturated carbocycles. The molecule has 1 aromatic heterocycles. The molecule has 0 spiro atoms. The van der Waals surface area contributed by atoms with Gasteiger partial charge in [-0.15, -0.1) is 0 Å². The average molecular weight is 436 g/mol. The number of carbonyl (C=O) groups is 2. The number of amides is 1. The molecule has 0 fully saturated rings. The molecule has 1 atom stereocenters. The summed E-state index contributed by atoms with van der Waals surface area (Å²) >= 11 is 0. The van der Waals surface area contributed by atoms with Crippen molar-refractivity contribution >= 4 is 25.0 Å². The molecule has 3 rings (SSSR count). The summed E-state index contributed by atoms with van der Waals surface area (Å²) in [5.74, 6) is 0.353. The lowest BCUT2D eigenvalue weighted by Gasteiger charge is -2.20. The van der Waals surface area contributed by atoms with E-state index in [0.717, 1.165) is 11.1 Å². The highest BCUT2D eigenvalue weighted by Crippen LogP contribution is 2.20. The summed E-state index contributed by atoms with van der Waals surface area (Å²) < 4.78 is 6.74. The molecular weight excluding hydrogens is 406 g/mol.